The van der Waals surface area contributed by atoms with E-state index in [0.717, 1.165) is 46.8 Å². The smallest absolute Gasteiger partial charge is 0.227 e. The van der Waals surface area contributed by atoms with E-state index in [1.54, 1.807) is 11.3 Å². The second kappa shape index (κ2) is 7.08. The van der Waals surface area contributed by atoms with E-state index in [0.29, 0.717) is 12.8 Å². The molecule has 1 N–H and O–H groups in total. The Morgan fingerprint density at radius 2 is 2.08 bits per heavy atom. The molecule has 4 rings (SSSR count). The van der Waals surface area contributed by atoms with Gasteiger partial charge in [0.15, 0.2) is 5.78 Å². The van der Waals surface area contributed by atoms with Gasteiger partial charge in [-0.05, 0) is 42.8 Å². The van der Waals surface area contributed by atoms with Crippen molar-refractivity contribution in [2.45, 2.75) is 45.1 Å². The van der Waals surface area contributed by atoms with Crippen LogP contribution in [0.25, 0.3) is 0 Å². The van der Waals surface area contributed by atoms with Crippen LogP contribution in [0.4, 0.5) is 11.4 Å². The molecule has 1 aromatic heterocycles. The number of hydrogen-bond donors (Lipinski definition) is 1. The summed E-state index contributed by atoms with van der Waals surface area (Å²) >= 11 is 1.60. The topological polar surface area (TPSA) is 49.4 Å². The predicted molar refractivity (Wildman–Crippen MR) is 105 cm³/mol. The molecule has 1 amide bonds. The van der Waals surface area contributed by atoms with E-state index < -0.39 is 0 Å². The molecule has 2 aromatic rings. The molecule has 2 aliphatic rings. The zero-order chi connectivity index (χ0) is 18.1. The van der Waals surface area contributed by atoms with E-state index in [1.165, 1.54) is 0 Å². The van der Waals surface area contributed by atoms with Gasteiger partial charge in [0.25, 0.3) is 0 Å². The first-order valence-corrected chi connectivity index (χ1v) is 10.1. The summed E-state index contributed by atoms with van der Waals surface area (Å²) in [5.41, 5.74) is 3.49. The number of anilines is 2. The van der Waals surface area contributed by atoms with Crippen LogP contribution < -0.4 is 10.2 Å². The number of fused-ring (bicyclic) bond motifs is 1. The first-order chi connectivity index (χ1) is 12.7. The Kier molecular flexibility index (Phi) is 4.64. The average molecular weight is 366 g/mol. The summed E-state index contributed by atoms with van der Waals surface area (Å²) < 4.78 is 0. The lowest BCUT2D eigenvalue weighted by atomic mass is 9.88. The Labute approximate surface area is 157 Å². The third-order valence-corrected chi connectivity index (χ3v) is 5.91. The van der Waals surface area contributed by atoms with Crippen molar-refractivity contribution in [1.82, 2.24) is 0 Å². The molecule has 0 spiro atoms. The Bertz CT molecular complexity index is 870. The van der Waals surface area contributed by atoms with Crippen molar-refractivity contribution in [3.63, 3.8) is 0 Å². The molecule has 134 valence electrons. The lowest BCUT2D eigenvalue weighted by Gasteiger charge is -2.33. The van der Waals surface area contributed by atoms with Gasteiger partial charge in [0, 0.05) is 29.0 Å². The number of amides is 1. The quantitative estimate of drug-likeness (QED) is 0.826. The molecule has 1 aromatic carbocycles. The van der Waals surface area contributed by atoms with Gasteiger partial charge >= 0.3 is 0 Å². The molecule has 1 aliphatic carbocycles. The van der Waals surface area contributed by atoms with E-state index >= 15 is 0 Å². The number of Topliss-reactive ketones (excluding diaryl/α,β-unsaturated/α-hetero) is 1. The predicted octanol–water partition coefficient (Wildman–Crippen LogP) is 5.06. The first kappa shape index (κ1) is 17.0. The molecule has 2 heterocycles. The van der Waals surface area contributed by atoms with Crippen molar-refractivity contribution >= 4 is 34.4 Å². The molecule has 0 saturated carbocycles. The maximum atomic E-state index is 13.2. The molecule has 4 nitrogen and oxygen atoms in total. The van der Waals surface area contributed by atoms with Crippen LogP contribution in [0, 0.1) is 0 Å². The third kappa shape index (κ3) is 2.86. The minimum Gasteiger partial charge on any atom is -0.357 e. The van der Waals surface area contributed by atoms with Gasteiger partial charge in [0.05, 0.1) is 11.4 Å². The van der Waals surface area contributed by atoms with Crippen LogP contribution in [-0.2, 0) is 9.59 Å². The van der Waals surface area contributed by atoms with Crippen molar-refractivity contribution in [2.75, 3.05) is 10.2 Å². The molecule has 26 heavy (non-hydrogen) atoms. The maximum absolute atomic E-state index is 13.2. The zero-order valence-corrected chi connectivity index (χ0v) is 15.6. The molecule has 5 heteroatoms. The molecular formula is C21H22N2O2S. The lowest BCUT2D eigenvalue weighted by Crippen LogP contribution is -2.37. The number of nitrogens with one attached hydrogen (secondary N) is 1. The van der Waals surface area contributed by atoms with Gasteiger partial charge in [-0.25, -0.2) is 0 Å². The number of ketones is 1. The number of benzene rings is 1. The average Bonchev–Trinajstić information content (AvgIpc) is 3.11. The molecule has 0 saturated heterocycles. The van der Waals surface area contributed by atoms with Crippen LogP contribution in [0.3, 0.4) is 0 Å². The monoisotopic (exact) mass is 366 g/mol. The summed E-state index contributed by atoms with van der Waals surface area (Å²) in [6, 6.07) is 11.5. The Morgan fingerprint density at radius 1 is 1.23 bits per heavy atom. The van der Waals surface area contributed by atoms with Crippen LogP contribution in [0.2, 0.25) is 0 Å². The SMILES string of the molecule is CCCC(=O)N1c2ccccc2NC2=C(C(=O)CCC2)[C@H]1c1cccs1. The van der Waals surface area contributed by atoms with E-state index in [4.69, 9.17) is 0 Å². The number of carbonyl (C=O) groups excluding carboxylic acids is 2. The third-order valence-electron chi connectivity index (χ3n) is 4.98. The van der Waals surface area contributed by atoms with Crippen LogP contribution in [0.15, 0.2) is 53.0 Å². The molecule has 0 radical (unpaired) electrons. The second-order valence-electron chi connectivity index (χ2n) is 6.74. The number of carbonyl (C=O) groups is 2. The van der Waals surface area contributed by atoms with Crippen LogP contribution >= 0.6 is 11.3 Å². The van der Waals surface area contributed by atoms with E-state index in [9.17, 15) is 9.59 Å². The standard InChI is InChI=1S/C21H22N2O2S/c1-2-7-19(25)23-16-10-4-3-8-14(16)22-15-9-5-11-17(24)20(15)21(23)18-12-6-13-26-18/h3-4,6,8,10,12-13,21-22H,2,5,7,9,11H2,1H3/t21-/m1/s1. The highest BCUT2D eigenvalue weighted by Crippen LogP contribution is 2.45. The molecule has 0 fully saturated rings. The van der Waals surface area contributed by atoms with Crippen molar-refractivity contribution in [2.24, 2.45) is 0 Å². The summed E-state index contributed by atoms with van der Waals surface area (Å²) in [5.74, 6) is 0.214. The number of thiophene rings is 1. The second-order valence-corrected chi connectivity index (χ2v) is 7.72. The molecule has 0 bridgehead atoms. The maximum Gasteiger partial charge on any atom is 0.227 e. The number of rotatable bonds is 3. The number of hydrogen-bond acceptors (Lipinski definition) is 4. The summed E-state index contributed by atoms with van der Waals surface area (Å²) in [6.45, 7) is 2.01. The summed E-state index contributed by atoms with van der Waals surface area (Å²) in [7, 11) is 0. The van der Waals surface area contributed by atoms with Gasteiger partial charge in [-0.3, -0.25) is 14.5 Å². The zero-order valence-electron chi connectivity index (χ0n) is 14.8. The minimum atomic E-state index is -0.340. The van der Waals surface area contributed by atoms with Crippen molar-refractivity contribution in [3.05, 3.63) is 57.9 Å². The minimum absolute atomic E-state index is 0.0623. The van der Waals surface area contributed by atoms with Gasteiger partial charge in [0.1, 0.15) is 6.04 Å². The fourth-order valence-corrected chi connectivity index (χ4v) is 4.68. The van der Waals surface area contributed by atoms with Crippen molar-refractivity contribution in [3.8, 4) is 0 Å². The van der Waals surface area contributed by atoms with Crippen molar-refractivity contribution < 1.29 is 9.59 Å². The summed E-state index contributed by atoms with van der Waals surface area (Å²) in [5, 5.41) is 5.49. The highest BCUT2D eigenvalue weighted by Gasteiger charge is 2.39. The number of nitrogens with zero attached hydrogens (tertiary/aromatic N) is 1. The highest BCUT2D eigenvalue weighted by molar-refractivity contribution is 7.10. The van der Waals surface area contributed by atoms with Gasteiger partial charge in [-0.2, -0.15) is 0 Å². The largest absolute Gasteiger partial charge is 0.357 e. The number of para-hydroxylation sites is 2. The van der Waals surface area contributed by atoms with Crippen LogP contribution in [-0.4, -0.2) is 11.7 Å². The molecule has 1 atom stereocenters. The van der Waals surface area contributed by atoms with Crippen LogP contribution in [0.5, 0.6) is 0 Å². The fraction of sp³-hybridized carbons (Fsp3) is 0.333. The lowest BCUT2D eigenvalue weighted by molar-refractivity contribution is -0.119. The van der Waals surface area contributed by atoms with Crippen LogP contribution in [0.1, 0.15) is 49.9 Å². The molecule has 0 unspecified atom stereocenters. The Hall–Kier alpha value is -2.40. The van der Waals surface area contributed by atoms with Crippen molar-refractivity contribution in [1.29, 1.82) is 0 Å². The Balaban J connectivity index is 1.96. The van der Waals surface area contributed by atoms with Gasteiger partial charge < -0.3 is 5.32 Å². The normalized spacial score (nSPS) is 19.5. The van der Waals surface area contributed by atoms with Gasteiger partial charge in [0.2, 0.25) is 5.91 Å². The van der Waals surface area contributed by atoms with Gasteiger partial charge in [-0.1, -0.05) is 25.1 Å². The summed E-state index contributed by atoms with van der Waals surface area (Å²) in [4.78, 5) is 29.0. The molecule has 1 aliphatic heterocycles. The van der Waals surface area contributed by atoms with E-state index in [2.05, 4.69) is 5.32 Å². The summed E-state index contributed by atoms with van der Waals surface area (Å²) in [6.07, 6.45) is 3.49. The Morgan fingerprint density at radius 3 is 2.85 bits per heavy atom. The number of allylic oxidation sites excluding steroid dienone is 1. The first-order valence-electron chi connectivity index (χ1n) is 9.18. The fourth-order valence-electron chi connectivity index (χ4n) is 3.86. The van der Waals surface area contributed by atoms with E-state index in [-0.39, 0.29) is 17.7 Å². The molecular weight excluding hydrogens is 344 g/mol. The van der Waals surface area contributed by atoms with Gasteiger partial charge in [-0.15, -0.1) is 11.3 Å². The highest BCUT2D eigenvalue weighted by atomic mass is 32.1. The van der Waals surface area contributed by atoms with E-state index in [1.807, 2.05) is 53.6 Å².